The predicted molar refractivity (Wildman–Crippen MR) is 61.2 cm³/mol. The minimum atomic E-state index is -0.270. The van der Waals surface area contributed by atoms with Gasteiger partial charge in [0.25, 0.3) is 5.56 Å². The van der Waals surface area contributed by atoms with Gasteiger partial charge in [-0.3, -0.25) is 4.79 Å². The molecule has 0 spiro atoms. The van der Waals surface area contributed by atoms with Gasteiger partial charge in [-0.2, -0.15) is 5.26 Å². The highest BCUT2D eigenvalue weighted by Crippen LogP contribution is 2.23. The van der Waals surface area contributed by atoms with Crippen molar-refractivity contribution >= 4 is 0 Å². The van der Waals surface area contributed by atoms with Crippen molar-refractivity contribution in [1.82, 2.24) is 9.88 Å². The van der Waals surface area contributed by atoms with Crippen LogP contribution in [-0.2, 0) is 0 Å². The zero-order chi connectivity index (χ0) is 11.5. The Morgan fingerprint density at radius 2 is 2.38 bits per heavy atom. The molecular formula is C12H15N3O. The third-order valence-corrected chi connectivity index (χ3v) is 3.12. The molecule has 1 aliphatic heterocycles. The summed E-state index contributed by atoms with van der Waals surface area (Å²) in [6.45, 7) is 2.10. The minimum absolute atomic E-state index is 0.188. The molecule has 1 aromatic rings. The summed E-state index contributed by atoms with van der Waals surface area (Å²) in [7, 11) is 2.09. The number of nitrogens with zero attached hydrogens (tertiary/aromatic N) is 2. The largest absolute Gasteiger partial charge is 0.325 e. The topological polar surface area (TPSA) is 59.9 Å². The molecule has 1 aromatic heterocycles. The number of aromatic amines is 1. The van der Waals surface area contributed by atoms with Gasteiger partial charge in [0, 0.05) is 18.2 Å². The summed E-state index contributed by atoms with van der Waals surface area (Å²) in [5.41, 5.74) is 0.872. The van der Waals surface area contributed by atoms with E-state index in [0.717, 1.165) is 31.6 Å². The highest BCUT2D eigenvalue weighted by Gasteiger charge is 2.19. The second-order valence-corrected chi connectivity index (χ2v) is 4.37. The summed E-state index contributed by atoms with van der Waals surface area (Å²) in [4.78, 5) is 16.6. The molecule has 1 fully saturated rings. The lowest BCUT2D eigenvalue weighted by molar-refractivity contribution is 0.248. The molecule has 4 nitrogen and oxygen atoms in total. The van der Waals surface area contributed by atoms with Crippen molar-refractivity contribution in [3.8, 4) is 6.07 Å². The number of hydrogen-bond donors (Lipinski definition) is 1. The molecule has 16 heavy (non-hydrogen) atoms. The average Bonchev–Trinajstić information content (AvgIpc) is 2.29. The van der Waals surface area contributed by atoms with Crippen LogP contribution in [0.2, 0.25) is 0 Å². The normalized spacial score (nSPS) is 21.6. The Kier molecular flexibility index (Phi) is 3.07. The SMILES string of the molecule is CN1CCCC(c2ccc(C#N)c(=O)[nH]2)C1. The van der Waals surface area contributed by atoms with Crippen molar-refractivity contribution in [2.24, 2.45) is 0 Å². The average molecular weight is 217 g/mol. The van der Waals surface area contributed by atoms with Crippen molar-refractivity contribution in [1.29, 1.82) is 5.26 Å². The van der Waals surface area contributed by atoms with E-state index >= 15 is 0 Å². The van der Waals surface area contributed by atoms with E-state index in [1.54, 1.807) is 6.07 Å². The van der Waals surface area contributed by atoms with Crippen LogP contribution in [0.3, 0.4) is 0 Å². The number of piperidine rings is 1. The van der Waals surface area contributed by atoms with Gasteiger partial charge in [0.2, 0.25) is 0 Å². The molecule has 1 N–H and O–H groups in total. The van der Waals surface area contributed by atoms with Crippen LogP contribution in [0.1, 0.15) is 30.0 Å². The van der Waals surface area contributed by atoms with Gasteiger partial charge >= 0.3 is 0 Å². The summed E-state index contributed by atoms with van der Waals surface area (Å²) < 4.78 is 0. The van der Waals surface area contributed by atoms with Gasteiger partial charge < -0.3 is 9.88 Å². The molecular weight excluding hydrogens is 202 g/mol. The van der Waals surface area contributed by atoms with Crippen molar-refractivity contribution in [2.75, 3.05) is 20.1 Å². The number of hydrogen-bond acceptors (Lipinski definition) is 3. The molecule has 1 unspecified atom stereocenters. The Morgan fingerprint density at radius 3 is 3.00 bits per heavy atom. The van der Waals surface area contributed by atoms with Crippen LogP contribution in [0.15, 0.2) is 16.9 Å². The second-order valence-electron chi connectivity index (χ2n) is 4.37. The third-order valence-electron chi connectivity index (χ3n) is 3.12. The van der Waals surface area contributed by atoms with Crippen LogP contribution >= 0.6 is 0 Å². The predicted octanol–water partition coefficient (Wildman–Crippen LogP) is 1.06. The maximum absolute atomic E-state index is 11.5. The lowest BCUT2D eigenvalue weighted by Gasteiger charge is -2.29. The molecule has 2 rings (SSSR count). The maximum atomic E-state index is 11.5. The fourth-order valence-corrected chi connectivity index (χ4v) is 2.24. The van der Waals surface area contributed by atoms with Crippen LogP contribution < -0.4 is 5.56 Å². The zero-order valence-corrected chi connectivity index (χ0v) is 9.36. The van der Waals surface area contributed by atoms with Crippen LogP contribution in [-0.4, -0.2) is 30.0 Å². The first-order chi connectivity index (χ1) is 7.70. The highest BCUT2D eigenvalue weighted by molar-refractivity contribution is 5.27. The zero-order valence-electron chi connectivity index (χ0n) is 9.36. The van der Waals surface area contributed by atoms with E-state index in [2.05, 4.69) is 16.9 Å². The molecule has 4 heteroatoms. The smallest absolute Gasteiger partial charge is 0.266 e. The van der Waals surface area contributed by atoms with Crippen molar-refractivity contribution in [3.05, 3.63) is 33.7 Å². The van der Waals surface area contributed by atoms with E-state index in [1.165, 1.54) is 0 Å². The molecule has 0 amide bonds. The van der Waals surface area contributed by atoms with E-state index < -0.39 is 0 Å². The first-order valence-electron chi connectivity index (χ1n) is 5.52. The van der Waals surface area contributed by atoms with Crippen molar-refractivity contribution in [3.63, 3.8) is 0 Å². The van der Waals surface area contributed by atoms with E-state index in [4.69, 9.17) is 5.26 Å². The van der Waals surface area contributed by atoms with E-state index in [9.17, 15) is 4.79 Å². The number of nitriles is 1. The van der Waals surface area contributed by atoms with Gasteiger partial charge in [-0.1, -0.05) is 0 Å². The van der Waals surface area contributed by atoms with Gasteiger partial charge in [0.05, 0.1) is 0 Å². The summed E-state index contributed by atoms with van der Waals surface area (Å²) in [6.07, 6.45) is 2.26. The molecule has 0 aliphatic carbocycles. The van der Waals surface area contributed by atoms with Crippen molar-refractivity contribution in [2.45, 2.75) is 18.8 Å². The molecule has 0 aromatic carbocycles. The van der Waals surface area contributed by atoms with Crippen LogP contribution in [0.25, 0.3) is 0 Å². The summed E-state index contributed by atoms with van der Waals surface area (Å²) >= 11 is 0. The fraction of sp³-hybridized carbons (Fsp3) is 0.500. The Bertz CT molecular complexity index is 472. The summed E-state index contributed by atoms with van der Waals surface area (Å²) in [5, 5.41) is 8.68. The third kappa shape index (κ3) is 2.15. The molecule has 0 radical (unpaired) electrons. The highest BCUT2D eigenvalue weighted by atomic mass is 16.1. The van der Waals surface area contributed by atoms with Crippen LogP contribution in [0.4, 0.5) is 0 Å². The molecule has 1 aliphatic rings. The first-order valence-corrected chi connectivity index (χ1v) is 5.52. The molecule has 0 saturated carbocycles. The second kappa shape index (κ2) is 4.50. The van der Waals surface area contributed by atoms with Crippen LogP contribution in [0, 0.1) is 11.3 Å². The Balaban J connectivity index is 2.24. The Labute approximate surface area is 94.5 Å². The summed E-state index contributed by atoms with van der Waals surface area (Å²) in [6, 6.07) is 5.36. The van der Waals surface area contributed by atoms with Crippen molar-refractivity contribution < 1.29 is 0 Å². The van der Waals surface area contributed by atoms with Gasteiger partial charge in [-0.15, -0.1) is 0 Å². The minimum Gasteiger partial charge on any atom is -0.325 e. The Morgan fingerprint density at radius 1 is 1.56 bits per heavy atom. The number of H-pyrrole nitrogens is 1. The lowest BCUT2D eigenvalue weighted by Crippen LogP contribution is -2.32. The molecule has 0 bridgehead atoms. The van der Waals surface area contributed by atoms with Gasteiger partial charge in [0.1, 0.15) is 11.6 Å². The quantitative estimate of drug-likeness (QED) is 0.765. The number of nitrogens with one attached hydrogen (secondary N) is 1. The number of aromatic nitrogens is 1. The summed E-state index contributed by atoms with van der Waals surface area (Å²) in [5.74, 6) is 0.388. The number of rotatable bonds is 1. The molecule has 1 atom stereocenters. The van der Waals surface area contributed by atoms with Gasteiger partial charge in [-0.05, 0) is 38.6 Å². The fourth-order valence-electron chi connectivity index (χ4n) is 2.24. The monoisotopic (exact) mass is 217 g/mol. The molecule has 1 saturated heterocycles. The van der Waals surface area contributed by atoms with E-state index in [1.807, 2.05) is 12.1 Å². The maximum Gasteiger partial charge on any atom is 0.266 e. The van der Waals surface area contributed by atoms with Crippen LogP contribution in [0.5, 0.6) is 0 Å². The number of likely N-dealkylation sites (tertiary alicyclic amines) is 1. The van der Waals surface area contributed by atoms with E-state index in [0.29, 0.717) is 5.92 Å². The van der Waals surface area contributed by atoms with Gasteiger partial charge in [-0.25, -0.2) is 0 Å². The molecule has 2 heterocycles. The number of pyridine rings is 1. The van der Waals surface area contributed by atoms with E-state index in [-0.39, 0.29) is 11.1 Å². The Hall–Kier alpha value is -1.60. The van der Waals surface area contributed by atoms with Gasteiger partial charge in [0.15, 0.2) is 0 Å². The number of likely N-dealkylation sites (N-methyl/N-ethyl adjacent to an activating group) is 1. The lowest BCUT2D eigenvalue weighted by atomic mass is 9.94. The molecule has 84 valence electrons. The first kappa shape index (κ1) is 10.9. The standard InChI is InChI=1S/C12H15N3O/c1-15-6-2-3-10(8-15)11-5-4-9(7-13)12(16)14-11/h4-5,10H,2-3,6,8H2,1H3,(H,14,16).